The lowest BCUT2D eigenvalue weighted by molar-refractivity contribution is 0.479. The minimum Gasteiger partial charge on any atom is -0.457 e. The van der Waals surface area contributed by atoms with E-state index in [0.29, 0.717) is 5.11 Å². The number of nitrogens with zero attached hydrogens (tertiary/aromatic N) is 4. The molecule has 0 bridgehead atoms. The zero-order valence-electron chi connectivity index (χ0n) is 20.2. The van der Waals surface area contributed by atoms with Crippen LogP contribution in [0, 0.1) is 6.92 Å². The number of pyridine rings is 2. The third-order valence-electron chi connectivity index (χ3n) is 6.51. The maximum absolute atomic E-state index is 6.13. The van der Waals surface area contributed by atoms with Crippen molar-refractivity contribution in [2.45, 2.75) is 19.0 Å². The minimum absolute atomic E-state index is 0.144. The highest BCUT2D eigenvalue weighted by Crippen LogP contribution is 2.42. The molecule has 2 unspecified atom stereocenters. The van der Waals surface area contributed by atoms with Crippen molar-refractivity contribution in [3.8, 4) is 17.3 Å². The Morgan fingerprint density at radius 3 is 2.30 bits per heavy atom. The molecule has 37 heavy (non-hydrogen) atoms. The predicted molar refractivity (Wildman–Crippen MR) is 149 cm³/mol. The number of aromatic nitrogens is 3. The summed E-state index contributed by atoms with van der Waals surface area (Å²) in [6.07, 6.45) is 5.65. The topological polar surface area (TPSA) is 55.2 Å². The molecule has 0 amide bonds. The fourth-order valence-corrected chi connectivity index (χ4v) is 5.09. The van der Waals surface area contributed by atoms with Gasteiger partial charge in [-0.05, 0) is 91.4 Å². The van der Waals surface area contributed by atoms with E-state index in [2.05, 4.69) is 30.8 Å². The van der Waals surface area contributed by atoms with E-state index in [1.807, 2.05) is 110 Å². The van der Waals surface area contributed by atoms with Gasteiger partial charge < -0.3 is 19.5 Å². The van der Waals surface area contributed by atoms with Crippen molar-refractivity contribution in [1.29, 1.82) is 0 Å². The fourth-order valence-electron chi connectivity index (χ4n) is 4.75. The van der Waals surface area contributed by atoms with E-state index in [0.717, 1.165) is 40.0 Å². The molecule has 3 aromatic heterocycles. The van der Waals surface area contributed by atoms with Crippen LogP contribution in [0.5, 0.6) is 11.5 Å². The van der Waals surface area contributed by atoms with E-state index in [-0.39, 0.29) is 12.1 Å². The van der Waals surface area contributed by atoms with Crippen molar-refractivity contribution in [3.63, 3.8) is 0 Å². The van der Waals surface area contributed by atoms with Crippen molar-refractivity contribution in [1.82, 2.24) is 19.9 Å². The lowest BCUT2D eigenvalue weighted by Crippen LogP contribution is -2.30. The minimum atomic E-state index is -0.150. The number of benzene rings is 2. The average Bonchev–Trinajstić information content (AvgIpc) is 3.56. The summed E-state index contributed by atoms with van der Waals surface area (Å²) in [5, 5.41) is 4.17. The molecule has 2 atom stereocenters. The van der Waals surface area contributed by atoms with Crippen molar-refractivity contribution in [2.24, 2.45) is 0 Å². The van der Waals surface area contributed by atoms with E-state index in [1.54, 1.807) is 6.20 Å². The van der Waals surface area contributed by atoms with Gasteiger partial charge >= 0.3 is 0 Å². The van der Waals surface area contributed by atoms with Crippen LogP contribution >= 0.6 is 12.2 Å². The first-order valence-electron chi connectivity index (χ1n) is 12.1. The highest BCUT2D eigenvalue weighted by molar-refractivity contribution is 7.80. The van der Waals surface area contributed by atoms with Crippen LogP contribution in [0.25, 0.3) is 5.82 Å². The molecule has 6 nitrogen and oxygen atoms in total. The molecular formula is C30H25N5OS. The Labute approximate surface area is 221 Å². The van der Waals surface area contributed by atoms with Crippen LogP contribution in [0.4, 0.5) is 5.69 Å². The second-order valence-electron chi connectivity index (χ2n) is 8.85. The van der Waals surface area contributed by atoms with Crippen molar-refractivity contribution < 1.29 is 4.74 Å². The average molecular weight is 504 g/mol. The lowest BCUT2D eigenvalue weighted by atomic mass is 10.0. The van der Waals surface area contributed by atoms with Gasteiger partial charge in [-0.25, -0.2) is 4.98 Å². The smallest absolute Gasteiger partial charge is 0.174 e. The van der Waals surface area contributed by atoms with Gasteiger partial charge in [0.2, 0.25) is 0 Å². The third kappa shape index (κ3) is 4.45. The Bertz CT molecular complexity index is 1520. The maximum Gasteiger partial charge on any atom is 0.174 e. The summed E-state index contributed by atoms with van der Waals surface area (Å²) in [7, 11) is 0. The van der Waals surface area contributed by atoms with E-state index in [9.17, 15) is 0 Å². The Morgan fingerprint density at radius 1 is 0.811 bits per heavy atom. The van der Waals surface area contributed by atoms with E-state index >= 15 is 0 Å². The molecule has 0 radical (unpaired) electrons. The summed E-state index contributed by atoms with van der Waals surface area (Å²) < 4.78 is 8.24. The number of anilines is 1. The predicted octanol–water partition coefficient (Wildman–Crippen LogP) is 6.55. The number of thiocarbonyl (C=S) groups is 1. The van der Waals surface area contributed by atoms with Crippen molar-refractivity contribution in [2.75, 3.05) is 4.90 Å². The molecule has 1 saturated heterocycles. The van der Waals surface area contributed by atoms with Crippen LogP contribution in [0.2, 0.25) is 0 Å². The number of hydrogen-bond donors (Lipinski definition) is 1. The molecule has 4 heterocycles. The summed E-state index contributed by atoms with van der Waals surface area (Å²) in [5.74, 6) is 2.46. The lowest BCUT2D eigenvalue weighted by Gasteiger charge is -2.29. The molecule has 182 valence electrons. The number of nitrogens with one attached hydrogen (secondary N) is 1. The molecule has 7 heteroatoms. The quantitative estimate of drug-likeness (QED) is 0.265. The third-order valence-corrected chi connectivity index (χ3v) is 6.83. The second kappa shape index (κ2) is 9.87. The summed E-state index contributed by atoms with van der Waals surface area (Å²) in [6, 6.07) is 31.8. The largest absolute Gasteiger partial charge is 0.457 e. The summed E-state index contributed by atoms with van der Waals surface area (Å²) in [5.41, 5.74) is 4.03. The molecule has 0 spiro atoms. The molecule has 1 N–H and O–H groups in total. The first-order chi connectivity index (χ1) is 18.2. The molecule has 0 aliphatic carbocycles. The van der Waals surface area contributed by atoms with E-state index < -0.39 is 0 Å². The summed E-state index contributed by atoms with van der Waals surface area (Å²) >= 11 is 5.90. The summed E-state index contributed by atoms with van der Waals surface area (Å²) in [6.45, 7) is 2.04. The van der Waals surface area contributed by atoms with Gasteiger partial charge in [0, 0.05) is 30.0 Å². The maximum atomic E-state index is 6.13. The molecule has 6 rings (SSSR count). The molecule has 2 aromatic carbocycles. The molecule has 1 fully saturated rings. The Hall–Kier alpha value is -4.49. The number of rotatable bonds is 6. The fraction of sp³-hybridized carbons (Fsp3) is 0.100. The Morgan fingerprint density at radius 2 is 1.57 bits per heavy atom. The van der Waals surface area contributed by atoms with Crippen LogP contribution < -0.4 is 15.0 Å². The monoisotopic (exact) mass is 503 g/mol. The van der Waals surface area contributed by atoms with Crippen molar-refractivity contribution in [3.05, 3.63) is 133 Å². The summed E-state index contributed by atoms with van der Waals surface area (Å²) in [4.78, 5) is 11.4. The van der Waals surface area contributed by atoms with Gasteiger partial charge in [0.05, 0.1) is 11.7 Å². The Kier molecular flexibility index (Phi) is 6.12. The van der Waals surface area contributed by atoms with Gasteiger partial charge in [-0.3, -0.25) is 4.98 Å². The number of hydrogen-bond acceptors (Lipinski definition) is 4. The Balaban J connectivity index is 1.39. The van der Waals surface area contributed by atoms with Crippen LogP contribution in [-0.4, -0.2) is 19.6 Å². The molecule has 1 aliphatic heterocycles. The highest BCUT2D eigenvalue weighted by Gasteiger charge is 2.42. The number of aryl methyl sites for hydroxylation is 1. The first-order valence-corrected chi connectivity index (χ1v) is 12.5. The first kappa shape index (κ1) is 22.9. The van der Waals surface area contributed by atoms with Gasteiger partial charge in [-0.2, -0.15) is 0 Å². The van der Waals surface area contributed by atoms with Crippen LogP contribution in [0.1, 0.15) is 29.0 Å². The zero-order valence-corrected chi connectivity index (χ0v) is 21.0. The van der Waals surface area contributed by atoms with Crippen LogP contribution in [0.15, 0.2) is 116 Å². The van der Waals surface area contributed by atoms with Crippen LogP contribution in [-0.2, 0) is 0 Å². The molecule has 0 saturated carbocycles. The standard InChI is InChI=1S/C30H25N5OS/c1-21-9-2-3-12-26(21)36-23-16-14-22(15-17-23)35-29(28(33-30(35)37)24-10-4-6-18-31-24)25-11-8-20-34(25)27-13-5-7-19-32-27/h2-20,28-29H,1H3,(H,33,37). The molecule has 5 aromatic rings. The van der Waals surface area contributed by atoms with Gasteiger partial charge in [-0.1, -0.05) is 30.3 Å². The zero-order chi connectivity index (χ0) is 25.2. The normalized spacial score (nSPS) is 17.0. The molecule has 1 aliphatic rings. The number of ether oxygens (including phenoxy) is 1. The van der Waals surface area contributed by atoms with Gasteiger partial charge in [0.15, 0.2) is 5.11 Å². The number of para-hydroxylation sites is 1. The molecular weight excluding hydrogens is 478 g/mol. The van der Waals surface area contributed by atoms with Crippen LogP contribution in [0.3, 0.4) is 0 Å². The van der Waals surface area contributed by atoms with E-state index in [4.69, 9.17) is 17.0 Å². The highest BCUT2D eigenvalue weighted by atomic mass is 32.1. The van der Waals surface area contributed by atoms with Gasteiger partial charge in [0.25, 0.3) is 0 Å². The van der Waals surface area contributed by atoms with Crippen molar-refractivity contribution >= 4 is 23.0 Å². The SMILES string of the molecule is Cc1ccccc1Oc1ccc(N2C(=S)NC(c3ccccn3)C2c2cccn2-c2ccccn2)cc1. The van der Waals surface area contributed by atoms with Gasteiger partial charge in [0.1, 0.15) is 23.4 Å². The van der Waals surface area contributed by atoms with Gasteiger partial charge in [-0.15, -0.1) is 0 Å². The van der Waals surface area contributed by atoms with E-state index in [1.165, 1.54) is 0 Å². The second-order valence-corrected chi connectivity index (χ2v) is 9.24.